The Bertz CT molecular complexity index is 1570. The van der Waals surface area contributed by atoms with Crippen LogP contribution in [-0.4, -0.2) is 125 Å². The molecule has 1 aromatic rings. The Morgan fingerprint density at radius 2 is 0.946 bits per heavy atom. The van der Waals surface area contributed by atoms with E-state index in [1.54, 1.807) is 18.2 Å². The lowest BCUT2D eigenvalue weighted by Gasteiger charge is -2.48. The van der Waals surface area contributed by atoms with Crippen LogP contribution < -0.4 is 0 Å². The van der Waals surface area contributed by atoms with E-state index in [1.165, 1.54) is 12.1 Å². The maximum atomic E-state index is 13.6. The average molecular weight is 813 g/mol. The first-order valence-electron chi connectivity index (χ1n) is 17.9. The van der Waals surface area contributed by atoms with E-state index in [4.69, 9.17) is 51.8 Å². The molecule has 1 aromatic carbocycles. The lowest BCUT2D eigenvalue weighted by Crippen LogP contribution is -2.67. The highest BCUT2D eigenvalue weighted by Crippen LogP contribution is 2.39. The van der Waals surface area contributed by atoms with E-state index in [9.17, 15) is 33.6 Å². The zero-order chi connectivity index (χ0) is 42.1. The van der Waals surface area contributed by atoms with Crippen LogP contribution in [-0.2, 0) is 80.6 Å². The zero-order valence-corrected chi connectivity index (χ0v) is 34.4. The summed E-state index contributed by atoms with van der Waals surface area (Å²) in [6.07, 6.45) is -15.8. The van der Waals surface area contributed by atoms with Gasteiger partial charge < -0.3 is 51.8 Å². The number of hydrogen-bond acceptors (Lipinski definition) is 18. The molecule has 3 rings (SSSR count). The summed E-state index contributed by atoms with van der Waals surface area (Å²) >= 11 is 0. The lowest BCUT2D eigenvalue weighted by atomic mass is 9.96. The van der Waals surface area contributed by atoms with Crippen molar-refractivity contribution >= 4 is 50.1 Å². The molecule has 312 valence electrons. The van der Waals surface area contributed by atoms with Crippen LogP contribution in [0.15, 0.2) is 30.3 Å². The molecule has 0 aliphatic carbocycles. The lowest BCUT2D eigenvalue weighted by molar-refractivity contribution is -0.376. The third-order valence-electron chi connectivity index (χ3n) is 9.08. The molecule has 0 amide bonds. The maximum absolute atomic E-state index is 13.6. The van der Waals surface area contributed by atoms with Crippen LogP contribution in [0.2, 0.25) is 18.1 Å². The van der Waals surface area contributed by atoms with Crippen molar-refractivity contribution in [3.8, 4) is 0 Å². The second-order valence-electron chi connectivity index (χ2n) is 14.7. The number of hydrogen-bond donors (Lipinski definition) is 0. The summed E-state index contributed by atoms with van der Waals surface area (Å²) < 4.78 is 64.2. The third kappa shape index (κ3) is 12.8. The summed E-state index contributed by atoms with van der Waals surface area (Å²) in [5.74, 6) is -5.96. The van der Waals surface area contributed by atoms with Gasteiger partial charge in [0.05, 0.1) is 12.2 Å². The Morgan fingerprint density at radius 3 is 1.36 bits per heavy atom. The molecule has 2 aliphatic rings. The predicted molar refractivity (Wildman–Crippen MR) is 192 cm³/mol. The quantitative estimate of drug-likeness (QED) is 0.150. The fourth-order valence-corrected chi connectivity index (χ4v) is 6.62. The van der Waals surface area contributed by atoms with Crippen LogP contribution in [0.25, 0.3) is 0 Å². The smallest absolute Gasteiger partial charge is 0.338 e. The monoisotopic (exact) mass is 812 g/mol. The van der Waals surface area contributed by atoms with Crippen LogP contribution >= 0.6 is 0 Å². The minimum Gasteiger partial charge on any atom is -0.463 e. The van der Waals surface area contributed by atoms with Gasteiger partial charge in [0.1, 0.15) is 18.8 Å². The Morgan fingerprint density at radius 1 is 0.554 bits per heavy atom. The molecule has 0 unspecified atom stereocenters. The van der Waals surface area contributed by atoms with Gasteiger partial charge in [0.15, 0.2) is 44.9 Å². The Labute approximate surface area is 326 Å². The molecule has 10 atom stereocenters. The molecule has 0 bridgehead atoms. The second kappa shape index (κ2) is 19.6. The van der Waals surface area contributed by atoms with Crippen molar-refractivity contribution in [2.75, 3.05) is 13.2 Å². The molecule has 19 heteroatoms. The summed E-state index contributed by atoms with van der Waals surface area (Å²) in [4.78, 5) is 88.0. The van der Waals surface area contributed by atoms with Gasteiger partial charge in [0.2, 0.25) is 12.6 Å². The van der Waals surface area contributed by atoms with Crippen molar-refractivity contribution in [3.05, 3.63) is 35.9 Å². The van der Waals surface area contributed by atoms with Crippen molar-refractivity contribution in [2.45, 2.75) is 142 Å². The molecule has 0 spiro atoms. The van der Waals surface area contributed by atoms with Crippen molar-refractivity contribution in [1.29, 1.82) is 0 Å². The zero-order valence-electron chi connectivity index (χ0n) is 33.4. The number of rotatable bonds is 14. The van der Waals surface area contributed by atoms with Gasteiger partial charge in [0, 0.05) is 41.5 Å². The fourth-order valence-electron chi connectivity index (χ4n) is 5.61. The molecule has 18 nitrogen and oxygen atoms in total. The molecule has 56 heavy (non-hydrogen) atoms. The summed E-state index contributed by atoms with van der Waals surface area (Å²) in [5, 5.41) is -0.289. The van der Waals surface area contributed by atoms with E-state index in [0.29, 0.717) is 0 Å². The molecular formula is C37H52O18Si. The Kier molecular flexibility index (Phi) is 16.1. The van der Waals surface area contributed by atoms with Gasteiger partial charge in [-0.05, 0) is 30.3 Å². The molecular weight excluding hydrogens is 760 g/mol. The molecule has 2 aliphatic heterocycles. The second-order valence-corrected chi connectivity index (χ2v) is 19.5. The molecule has 2 fully saturated rings. The molecule has 2 saturated heterocycles. The first-order valence-corrected chi connectivity index (χ1v) is 20.8. The van der Waals surface area contributed by atoms with E-state index < -0.39 is 118 Å². The summed E-state index contributed by atoms with van der Waals surface area (Å²) in [5.41, 5.74) is 0.105. The molecule has 0 saturated carbocycles. The van der Waals surface area contributed by atoms with Gasteiger partial charge in [-0.3, -0.25) is 28.8 Å². The molecule has 2 heterocycles. The number of carbonyl (C=O) groups excluding carboxylic acids is 7. The Balaban J connectivity index is 2.22. The van der Waals surface area contributed by atoms with Gasteiger partial charge in [-0.2, -0.15) is 0 Å². The topological polar surface area (TPSA) is 221 Å². The van der Waals surface area contributed by atoms with E-state index in [2.05, 4.69) is 0 Å². The first kappa shape index (κ1) is 46.0. The molecule has 0 radical (unpaired) electrons. The van der Waals surface area contributed by atoms with Gasteiger partial charge in [-0.25, -0.2) is 4.79 Å². The summed E-state index contributed by atoms with van der Waals surface area (Å²) in [6.45, 7) is 15.6. The number of ether oxygens (including phenoxy) is 10. The molecule has 0 N–H and O–H groups in total. The van der Waals surface area contributed by atoms with E-state index in [0.717, 1.165) is 41.5 Å². The SMILES string of the molecule is CC(=O)OC[C@H]1O[C@H](O[C@H]2O[C@H](CO[Si](C)(C)C(C)(C)C)[C@H](OC(C)=O)[C@H](OC(=O)c3ccccc3)[C@H]2OC(C)=O)[C@H](OC(C)=O)[C@@H](OC(C)=O)[C@@H]1OC(C)=O. The van der Waals surface area contributed by atoms with Gasteiger partial charge >= 0.3 is 41.8 Å². The van der Waals surface area contributed by atoms with Gasteiger partial charge in [-0.15, -0.1) is 0 Å². The maximum Gasteiger partial charge on any atom is 0.338 e. The van der Waals surface area contributed by atoms with Crippen molar-refractivity contribution in [2.24, 2.45) is 0 Å². The van der Waals surface area contributed by atoms with Crippen molar-refractivity contribution in [1.82, 2.24) is 0 Å². The summed E-state index contributed by atoms with van der Waals surface area (Å²) in [6, 6.07) is 7.83. The van der Waals surface area contributed by atoms with Gasteiger partial charge in [-0.1, -0.05) is 39.0 Å². The fraction of sp³-hybridized carbons (Fsp3) is 0.649. The normalized spacial score (nSPS) is 27.8. The van der Waals surface area contributed by atoms with E-state index in [-0.39, 0.29) is 17.2 Å². The average Bonchev–Trinajstić information content (AvgIpc) is 3.07. The highest BCUT2D eigenvalue weighted by molar-refractivity contribution is 6.74. The summed E-state index contributed by atoms with van der Waals surface area (Å²) in [7, 11) is -2.54. The Hall–Kier alpha value is -4.43. The number of carbonyl (C=O) groups is 7. The minimum absolute atomic E-state index is 0.105. The van der Waals surface area contributed by atoms with Crippen LogP contribution in [0.1, 0.15) is 72.7 Å². The third-order valence-corrected chi connectivity index (χ3v) is 13.6. The highest BCUT2D eigenvalue weighted by atomic mass is 28.4. The largest absolute Gasteiger partial charge is 0.463 e. The van der Waals surface area contributed by atoms with Crippen LogP contribution in [0.3, 0.4) is 0 Å². The van der Waals surface area contributed by atoms with E-state index >= 15 is 0 Å². The van der Waals surface area contributed by atoms with Crippen LogP contribution in [0, 0.1) is 0 Å². The standard InChI is InChI=1S/C37H52O18Si/c1-19(38)45-17-26-28(47-20(2)39)30(49-22(4)41)32(50-23(5)42)35(52-26)55-36-33(51-24(6)43)31(54-34(44)25-15-13-12-14-16-25)29(48-21(3)40)27(53-36)18-46-56(10,11)37(7,8)9/h12-16,26-33,35-36H,17-18H2,1-11H3/t26-,27-,28-,29+,30+,31+,32-,33-,35-,36-/m1/s1. The van der Waals surface area contributed by atoms with Crippen LogP contribution in [0.4, 0.5) is 0 Å². The van der Waals surface area contributed by atoms with Crippen LogP contribution in [0.5, 0.6) is 0 Å². The number of esters is 7. The predicted octanol–water partition coefficient (Wildman–Crippen LogP) is 2.92. The highest BCUT2D eigenvalue weighted by Gasteiger charge is 2.58. The first-order chi connectivity index (χ1) is 26.0. The van der Waals surface area contributed by atoms with Crippen molar-refractivity contribution < 1.29 is 85.4 Å². The minimum atomic E-state index is -2.54. The van der Waals surface area contributed by atoms with Crippen molar-refractivity contribution in [3.63, 3.8) is 0 Å². The van der Waals surface area contributed by atoms with E-state index in [1.807, 2.05) is 33.9 Å². The van der Waals surface area contributed by atoms with Gasteiger partial charge in [0.25, 0.3) is 0 Å². The number of benzene rings is 1. The molecule has 0 aromatic heterocycles.